The molecule has 1 aromatic carbocycles. The standard InChI is InChI=1S/C17H28N2O3/c1-12(2)14(19-15(20)22-16(3,4)5)17(21,11-18)13-9-7-6-8-10-13/h6-10,12,14,21H,11,18H2,1-5H3,(H,19,20)/t14-,17-/m1/s1. The van der Waals surface area contributed by atoms with Crippen molar-refractivity contribution < 1.29 is 14.6 Å². The van der Waals surface area contributed by atoms with Crippen molar-refractivity contribution in [3.8, 4) is 0 Å². The zero-order chi connectivity index (χ0) is 17.0. The molecule has 0 saturated heterocycles. The van der Waals surface area contributed by atoms with E-state index >= 15 is 0 Å². The second kappa shape index (κ2) is 7.11. The molecule has 0 radical (unpaired) electrons. The van der Waals surface area contributed by atoms with Crippen LogP contribution in [0.4, 0.5) is 4.79 Å². The Morgan fingerprint density at radius 1 is 1.27 bits per heavy atom. The van der Waals surface area contributed by atoms with Gasteiger partial charge in [-0.3, -0.25) is 0 Å². The number of carbonyl (C=O) groups excluding carboxylic acids is 1. The highest BCUT2D eigenvalue weighted by molar-refractivity contribution is 5.68. The topological polar surface area (TPSA) is 84.6 Å². The highest BCUT2D eigenvalue weighted by atomic mass is 16.6. The zero-order valence-electron chi connectivity index (χ0n) is 14.1. The summed E-state index contributed by atoms with van der Waals surface area (Å²) >= 11 is 0. The van der Waals surface area contributed by atoms with Crippen LogP contribution in [0.1, 0.15) is 40.2 Å². The van der Waals surface area contributed by atoms with Gasteiger partial charge in [0, 0.05) is 6.54 Å². The first kappa shape index (κ1) is 18.5. The highest BCUT2D eigenvalue weighted by Crippen LogP contribution is 2.28. The van der Waals surface area contributed by atoms with E-state index in [1.54, 1.807) is 32.9 Å². The fraction of sp³-hybridized carbons (Fsp3) is 0.588. The van der Waals surface area contributed by atoms with Crippen LogP contribution in [-0.4, -0.2) is 29.4 Å². The van der Waals surface area contributed by atoms with E-state index in [1.165, 1.54) is 0 Å². The van der Waals surface area contributed by atoms with E-state index in [1.807, 2.05) is 32.0 Å². The lowest BCUT2D eigenvalue weighted by atomic mass is 9.80. The lowest BCUT2D eigenvalue weighted by Gasteiger charge is -2.39. The van der Waals surface area contributed by atoms with Crippen LogP contribution >= 0.6 is 0 Å². The molecule has 0 aliphatic heterocycles. The van der Waals surface area contributed by atoms with Crippen LogP contribution in [0.3, 0.4) is 0 Å². The van der Waals surface area contributed by atoms with Gasteiger partial charge in [-0.05, 0) is 32.3 Å². The van der Waals surface area contributed by atoms with Gasteiger partial charge in [-0.1, -0.05) is 44.2 Å². The molecule has 1 aromatic rings. The summed E-state index contributed by atoms with van der Waals surface area (Å²) in [7, 11) is 0. The quantitative estimate of drug-likeness (QED) is 0.779. The predicted molar refractivity (Wildman–Crippen MR) is 87.4 cm³/mol. The van der Waals surface area contributed by atoms with Crippen molar-refractivity contribution in [3.05, 3.63) is 35.9 Å². The average Bonchev–Trinajstić information content (AvgIpc) is 2.43. The summed E-state index contributed by atoms with van der Waals surface area (Å²) < 4.78 is 5.29. The number of hydrogen-bond donors (Lipinski definition) is 3. The fourth-order valence-electron chi connectivity index (χ4n) is 2.42. The summed E-state index contributed by atoms with van der Waals surface area (Å²) in [5, 5.41) is 13.8. The first-order chi connectivity index (χ1) is 10.1. The Kier molecular flexibility index (Phi) is 5.97. The molecule has 5 nitrogen and oxygen atoms in total. The monoisotopic (exact) mass is 308 g/mol. The van der Waals surface area contributed by atoms with Gasteiger partial charge in [0.2, 0.25) is 0 Å². The van der Waals surface area contributed by atoms with E-state index < -0.39 is 23.3 Å². The molecule has 0 unspecified atom stereocenters. The normalized spacial score (nSPS) is 16.0. The second-order valence-corrected chi connectivity index (χ2v) is 6.86. The Morgan fingerprint density at radius 3 is 2.23 bits per heavy atom. The number of carbonyl (C=O) groups is 1. The molecule has 0 fully saturated rings. The maximum Gasteiger partial charge on any atom is 0.407 e. The van der Waals surface area contributed by atoms with Gasteiger partial charge in [0.05, 0.1) is 6.04 Å². The molecule has 22 heavy (non-hydrogen) atoms. The number of aliphatic hydroxyl groups is 1. The van der Waals surface area contributed by atoms with Crippen molar-refractivity contribution in [2.24, 2.45) is 11.7 Å². The number of ether oxygens (including phenoxy) is 1. The van der Waals surface area contributed by atoms with Crippen LogP contribution in [0, 0.1) is 5.92 Å². The van der Waals surface area contributed by atoms with E-state index in [-0.39, 0.29) is 12.5 Å². The van der Waals surface area contributed by atoms with Crippen LogP contribution in [-0.2, 0) is 10.3 Å². The van der Waals surface area contributed by atoms with Crippen LogP contribution < -0.4 is 11.1 Å². The second-order valence-electron chi connectivity index (χ2n) is 6.86. The third-order valence-corrected chi connectivity index (χ3v) is 3.44. The van der Waals surface area contributed by atoms with Gasteiger partial charge in [0.1, 0.15) is 11.2 Å². The molecule has 0 heterocycles. The molecule has 0 aliphatic rings. The minimum Gasteiger partial charge on any atom is -0.444 e. The molecule has 1 rings (SSSR count). The first-order valence-electron chi connectivity index (χ1n) is 7.57. The summed E-state index contributed by atoms with van der Waals surface area (Å²) in [6, 6.07) is 8.58. The van der Waals surface area contributed by atoms with Crippen molar-refractivity contribution in [1.29, 1.82) is 0 Å². The Morgan fingerprint density at radius 2 is 1.82 bits per heavy atom. The minimum absolute atomic E-state index is 0.00431. The van der Waals surface area contributed by atoms with Gasteiger partial charge < -0.3 is 20.9 Å². The van der Waals surface area contributed by atoms with Crippen LogP contribution in [0.5, 0.6) is 0 Å². The molecule has 0 aromatic heterocycles. The zero-order valence-corrected chi connectivity index (χ0v) is 14.1. The summed E-state index contributed by atoms with van der Waals surface area (Å²) in [5.41, 5.74) is 4.56. The largest absolute Gasteiger partial charge is 0.444 e. The Bertz CT molecular complexity index is 482. The molecule has 0 bridgehead atoms. The molecule has 5 heteroatoms. The van der Waals surface area contributed by atoms with Gasteiger partial charge in [-0.2, -0.15) is 0 Å². The Labute approximate surface area is 132 Å². The van der Waals surface area contributed by atoms with Crippen molar-refractivity contribution in [2.75, 3.05) is 6.54 Å². The highest BCUT2D eigenvalue weighted by Gasteiger charge is 2.40. The van der Waals surface area contributed by atoms with E-state index in [2.05, 4.69) is 5.32 Å². The first-order valence-corrected chi connectivity index (χ1v) is 7.57. The summed E-state index contributed by atoms with van der Waals surface area (Å²) in [6.45, 7) is 9.22. The lowest BCUT2D eigenvalue weighted by Crippen LogP contribution is -2.57. The number of alkyl carbamates (subject to hydrolysis) is 1. The van der Waals surface area contributed by atoms with Crippen LogP contribution in [0.15, 0.2) is 30.3 Å². The number of rotatable bonds is 5. The van der Waals surface area contributed by atoms with Crippen molar-refractivity contribution in [1.82, 2.24) is 5.32 Å². The van der Waals surface area contributed by atoms with Crippen LogP contribution in [0.2, 0.25) is 0 Å². The fourth-order valence-corrected chi connectivity index (χ4v) is 2.42. The lowest BCUT2D eigenvalue weighted by molar-refractivity contribution is -0.0186. The van der Waals surface area contributed by atoms with Crippen molar-refractivity contribution in [2.45, 2.75) is 51.9 Å². The van der Waals surface area contributed by atoms with Gasteiger partial charge in [-0.25, -0.2) is 4.79 Å². The molecule has 124 valence electrons. The SMILES string of the molecule is CC(C)[C@@H](NC(=O)OC(C)(C)C)[C@@](O)(CN)c1ccccc1. The summed E-state index contributed by atoms with van der Waals surface area (Å²) in [5.74, 6) is -0.0266. The predicted octanol–water partition coefficient (Wildman–Crippen LogP) is 2.38. The number of hydrogen-bond acceptors (Lipinski definition) is 4. The van der Waals surface area contributed by atoms with Gasteiger partial charge in [-0.15, -0.1) is 0 Å². The number of amides is 1. The molecule has 1 amide bonds. The Hall–Kier alpha value is -1.59. The maximum absolute atomic E-state index is 12.1. The molecular weight excluding hydrogens is 280 g/mol. The smallest absolute Gasteiger partial charge is 0.407 e. The summed E-state index contributed by atoms with van der Waals surface area (Å²) in [4.78, 5) is 12.1. The molecule has 0 aliphatic carbocycles. The maximum atomic E-state index is 12.1. The molecule has 0 spiro atoms. The van der Waals surface area contributed by atoms with Gasteiger partial charge in [0.25, 0.3) is 0 Å². The van der Waals surface area contributed by atoms with Gasteiger partial charge in [0.15, 0.2) is 0 Å². The molecule has 2 atom stereocenters. The number of benzene rings is 1. The number of nitrogens with two attached hydrogens (primary N) is 1. The third-order valence-electron chi connectivity index (χ3n) is 3.44. The summed E-state index contributed by atoms with van der Waals surface area (Å²) in [6.07, 6.45) is -0.561. The number of nitrogens with one attached hydrogen (secondary N) is 1. The van der Waals surface area contributed by atoms with E-state index in [9.17, 15) is 9.90 Å². The molecule has 0 saturated carbocycles. The average molecular weight is 308 g/mol. The molecule has 4 N–H and O–H groups in total. The van der Waals surface area contributed by atoms with E-state index in [4.69, 9.17) is 10.5 Å². The molecular formula is C17H28N2O3. The third kappa shape index (κ3) is 4.71. The van der Waals surface area contributed by atoms with E-state index in [0.717, 1.165) is 0 Å². The van der Waals surface area contributed by atoms with Gasteiger partial charge >= 0.3 is 6.09 Å². The minimum atomic E-state index is -1.35. The van der Waals surface area contributed by atoms with Crippen molar-refractivity contribution >= 4 is 6.09 Å². The van der Waals surface area contributed by atoms with E-state index in [0.29, 0.717) is 5.56 Å². The van der Waals surface area contributed by atoms with Crippen LogP contribution in [0.25, 0.3) is 0 Å². The van der Waals surface area contributed by atoms with Crippen molar-refractivity contribution in [3.63, 3.8) is 0 Å². The Balaban J connectivity index is 3.05.